The number of hydrogen-bond acceptors (Lipinski definition) is 3. The Hall–Kier alpha value is -0.490. The Balaban J connectivity index is 1.77. The monoisotopic (exact) mass is 343 g/mol. The molecule has 0 aliphatic carbocycles. The quantitative estimate of drug-likeness (QED) is 0.896. The number of hydrogen-bond donors (Lipinski definition) is 1. The molecule has 20 heavy (non-hydrogen) atoms. The molecule has 1 aromatic carbocycles. The number of halogens is 2. The van der Waals surface area contributed by atoms with Crippen LogP contribution in [0.4, 0.5) is 4.39 Å². The number of rotatable bonds is 2. The van der Waals surface area contributed by atoms with Crippen LogP contribution < -0.4 is 5.73 Å². The molecule has 2 heterocycles. The highest BCUT2D eigenvalue weighted by molar-refractivity contribution is 9.10. The van der Waals surface area contributed by atoms with Crippen LogP contribution in [0.1, 0.15) is 30.9 Å². The van der Waals surface area contributed by atoms with Crippen molar-refractivity contribution in [3.8, 4) is 0 Å². The van der Waals surface area contributed by atoms with Gasteiger partial charge < -0.3 is 15.2 Å². The smallest absolute Gasteiger partial charge is 0.124 e. The van der Waals surface area contributed by atoms with E-state index in [0.29, 0.717) is 12.5 Å². The fourth-order valence-electron chi connectivity index (χ4n) is 3.26. The first-order valence-electron chi connectivity index (χ1n) is 7.02. The maximum absolute atomic E-state index is 13.2. The lowest BCUT2D eigenvalue weighted by molar-refractivity contribution is -0.101. The minimum Gasteiger partial charge on any atom is -0.378 e. The fraction of sp³-hybridized carbons (Fsp3) is 0.600. The molecule has 3 unspecified atom stereocenters. The molecule has 2 aliphatic rings. The van der Waals surface area contributed by atoms with Crippen molar-refractivity contribution in [1.82, 2.24) is 0 Å². The Bertz CT molecular complexity index is 491. The highest BCUT2D eigenvalue weighted by Gasteiger charge is 2.42. The summed E-state index contributed by atoms with van der Waals surface area (Å²) in [6, 6.07) is 4.61. The van der Waals surface area contributed by atoms with Gasteiger partial charge in [-0.15, -0.1) is 0 Å². The van der Waals surface area contributed by atoms with Crippen molar-refractivity contribution in [1.29, 1.82) is 0 Å². The Morgan fingerprint density at radius 2 is 2.25 bits per heavy atom. The van der Waals surface area contributed by atoms with E-state index in [2.05, 4.69) is 15.9 Å². The van der Waals surface area contributed by atoms with Crippen LogP contribution in [-0.2, 0) is 9.47 Å². The lowest BCUT2D eigenvalue weighted by Crippen LogP contribution is -2.43. The van der Waals surface area contributed by atoms with Gasteiger partial charge in [-0.2, -0.15) is 0 Å². The topological polar surface area (TPSA) is 44.5 Å². The van der Waals surface area contributed by atoms with Crippen molar-refractivity contribution in [2.24, 2.45) is 11.7 Å². The van der Waals surface area contributed by atoms with E-state index in [9.17, 15) is 4.39 Å². The standard InChI is InChI=1S/C15H19BrFNO2/c16-13-7-11(17)1-2-12(13)14(18)10-3-5-20-15(8-10)4-6-19-9-15/h1-2,7,10,14H,3-6,8-9,18H2. The SMILES string of the molecule is NC(c1ccc(F)cc1Br)C1CCOC2(CCOC2)C1. The zero-order chi connectivity index (χ0) is 14.2. The summed E-state index contributed by atoms with van der Waals surface area (Å²) in [6.07, 6.45) is 2.80. The first-order valence-corrected chi connectivity index (χ1v) is 7.81. The zero-order valence-electron chi connectivity index (χ0n) is 11.3. The Kier molecular flexibility index (Phi) is 4.13. The number of nitrogens with two attached hydrogens (primary N) is 1. The van der Waals surface area contributed by atoms with E-state index < -0.39 is 0 Å². The highest BCUT2D eigenvalue weighted by Crippen LogP contribution is 2.41. The van der Waals surface area contributed by atoms with Crippen LogP contribution in [0.2, 0.25) is 0 Å². The van der Waals surface area contributed by atoms with Gasteiger partial charge in [-0.05, 0) is 36.5 Å². The predicted octanol–water partition coefficient (Wildman–Crippen LogP) is 3.17. The summed E-state index contributed by atoms with van der Waals surface area (Å²) in [5.41, 5.74) is 7.24. The lowest BCUT2D eigenvalue weighted by Gasteiger charge is -2.39. The summed E-state index contributed by atoms with van der Waals surface area (Å²) in [4.78, 5) is 0. The molecule has 0 radical (unpaired) electrons. The molecule has 3 nitrogen and oxygen atoms in total. The van der Waals surface area contributed by atoms with E-state index >= 15 is 0 Å². The minimum atomic E-state index is -0.250. The normalized spacial score (nSPS) is 31.6. The van der Waals surface area contributed by atoms with Crippen LogP contribution >= 0.6 is 15.9 Å². The number of benzene rings is 1. The first-order chi connectivity index (χ1) is 9.60. The first kappa shape index (κ1) is 14.4. The Labute approximate surface area is 126 Å². The van der Waals surface area contributed by atoms with Gasteiger partial charge in [-0.1, -0.05) is 22.0 Å². The van der Waals surface area contributed by atoms with Crippen LogP contribution in [-0.4, -0.2) is 25.4 Å². The minimum absolute atomic E-state index is 0.105. The maximum atomic E-state index is 13.2. The second kappa shape index (κ2) is 5.72. The number of ether oxygens (including phenoxy) is 2. The van der Waals surface area contributed by atoms with E-state index in [1.807, 2.05) is 0 Å². The largest absolute Gasteiger partial charge is 0.378 e. The molecular weight excluding hydrogens is 325 g/mol. The van der Waals surface area contributed by atoms with E-state index in [1.54, 1.807) is 6.07 Å². The van der Waals surface area contributed by atoms with Gasteiger partial charge in [0.15, 0.2) is 0 Å². The van der Waals surface area contributed by atoms with Gasteiger partial charge in [-0.25, -0.2) is 4.39 Å². The van der Waals surface area contributed by atoms with E-state index in [1.165, 1.54) is 12.1 Å². The third-order valence-corrected chi connectivity index (χ3v) is 5.11. The third-order valence-electron chi connectivity index (χ3n) is 4.43. The predicted molar refractivity (Wildman–Crippen MR) is 77.9 cm³/mol. The molecule has 2 aliphatic heterocycles. The van der Waals surface area contributed by atoms with Gasteiger partial charge in [0.05, 0.1) is 12.2 Å². The van der Waals surface area contributed by atoms with Crippen LogP contribution in [0, 0.1) is 11.7 Å². The van der Waals surface area contributed by atoms with Crippen molar-refractivity contribution in [2.45, 2.75) is 30.9 Å². The van der Waals surface area contributed by atoms with E-state index in [4.69, 9.17) is 15.2 Å². The summed E-state index contributed by atoms with van der Waals surface area (Å²) >= 11 is 3.41. The van der Waals surface area contributed by atoms with Gasteiger partial charge in [0, 0.05) is 30.1 Å². The van der Waals surface area contributed by atoms with Gasteiger partial charge in [0.1, 0.15) is 5.82 Å². The molecule has 1 spiro atoms. The molecule has 0 saturated carbocycles. The summed E-state index contributed by atoms with van der Waals surface area (Å²) in [5, 5.41) is 0. The molecule has 2 saturated heterocycles. The van der Waals surface area contributed by atoms with Gasteiger partial charge >= 0.3 is 0 Å². The highest BCUT2D eigenvalue weighted by atomic mass is 79.9. The van der Waals surface area contributed by atoms with Crippen molar-refractivity contribution in [2.75, 3.05) is 19.8 Å². The second-order valence-corrected chi connectivity index (χ2v) is 6.63. The third kappa shape index (κ3) is 2.77. The second-order valence-electron chi connectivity index (χ2n) is 5.78. The molecule has 5 heteroatoms. The molecule has 1 aromatic rings. The van der Waals surface area contributed by atoms with Gasteiger partial charge in [0.2, 0.25) is 0 Å². The molecule has 0 amide bonds. The average molecular weight is 344 g/mol. The van der Waals surface area contributed by atoms with Crippen LogP contribution in [0.3, 0.4) is 0 Å². The van der Waals surface area contributed by atoms with Gasteiger partial charge in [-0.3, -0.25) is 0 Å². The zero-order valence-corrected chi connectivity index (χ0v) is 12.9. The van der Waals surface area contributed by atoms with Crippen molar-refractivity contribution in [3.05, 3.63) is 34.1 Å². The van der Waals surface area contributed by atoms with E-state index in [-0.39, 0.29) is 17.5 Å². The molecule has 2 fully saturated rings. The average Bonchev–Trinajstić information content (AvgIpc) is 2.86. The van der Waals surface area contributed by atoms with Crippen LogP contribution in [0.5, 0.6) is 0 Å². The summed E-state index contributed by atoms with van der Waals surface area (Å²) in [6.45, 7) is 2.16. The molecule has 2 N–H and O–H groups in total. The molecule has 0 bridgehead atoms. The molecular formula is C15H19BrFNO2. The Morgan fingerprint density at radius 1 is 1.40 bits per heavy atom. The Morgan fingerprint density at radius 3 is 2.95 bits per heavy atom. The summed E-state index contributed by atoms with van der Waals surface area (Å²) in [7, 11) is 0. The van der Waals surface area contributed by atoms with Crippen molar-refractivity contribution >= 4 is 15.9 Å². The fourth-order valence-corrected chi connectivity index (χ4v) is 3.88. The maximum Gasteiger partial charge on any atom is 0.124 e. The van der Waals surface area contributed by atoms with Crippen molar-refractivity contribution < 1.29 is 13.9 Å². The molecule has 0 aromatic heterocycles. The summed E-state index contributed by atoms with van der Waals surface area (Å²) < 4.78 is 25.4. The molecule has 3 rings (SSSR count). The van der Waals surface area contributed by atoms with E-state index in [0.717, 1.165) is 42.5 Å². The molecule has 3 atom stereocenters. The van der Waals surface area contributed by atoms with Crippen LogP contribution in [0.15, 0.2) is 22.7 Å². The lowest BCUT2D eigenvalue weighted by atomic mass is 9.79. The van der Waals surface area contributed by atoms with Gasteiger partial charge in [0.25, 0.3) is 0 Å². The van der Waals surface area contributed by atoms with Crippen molar-refractivity contribution in [3.63, 3.8) is 0 Å². The van der Waals surface area contributed by atoms with Crippen LogP contribution in [0.25, 0.3) is 0 Å². The summed E-state index contributed by atoms with van der Waals surface area (Å²) in [5.74, 6) is 0.0904. The molecule has 110 valence electrons.